The number of thioether (sulfide) groups is 1. The Balaban J connectivity index is 1.87. The van der Waals surface area contributed by atoms with Crippen molar-refractivity contribution in [3.05, 3.63) is 29.5 Å². The van der Waals surface area contributed by atoms with Crippen LogP contribution in [0.2, 0.25) is 0 Å². The van der Waals surface area contributed by atoms with Gasteiger partial charge in [0.1, 0.15) is 6.10 Å². The average molecular weight is 324 g/mol. The summed E-state index contributed by atoms with van der Waals surface area (Å²) < 4.78 is 0. The van der Waals surface area contributed by atoms with Crippen LogP contribution < -0.4 is 5.32 Å². The van der Waals surface area contributed by atoms with Crippen LogP contribution in [-0.4, -0.2) is 44.1 Å². The van der Waals surface area contributed by atoms with Gasteiger partial charge in [0, 0.05) is 17.8 Å². The Hall–Kier alpha value is -1.51. The minimum Gasteiger partial charge on any atom is -0.383 e. The summed E-state index contributed by atoms with van der Waals surface area (Å²) in [5.74, 6) is 0.954. The second-order valence-corrected chi connectivity index (χ2v) is 6.08. The van der Waals surface area contributed by atoms with Gasteiger partial charge in [0.05, 0.1) is 12.2 Å². The first-order chi connectivity index (χ1) is 10.2. The van der Waals surface area contributed by atoms with E-state index in [2.05, 4.69) is 20.3 Å². The lowest BCUT2D eigenvalue weighted by molar-refractivity contribution is -0.129. The van der Waals surface area contributed by atoms with Gasteiger partial charge in [-0.3, -0.25) is 4.79 Å². The molecule has 1 amide bonds. The number of aliphatic hydroxyl groups is 1. The minimum absolute atomic E-state index is 0.290. The van der Waals surface area contributed by atoms with Crippen molar-refractivity contribution in [1.29, 1.82) is 0 Å². The van der Waals surface area contributed by atoms with Gasteiger partial charge in [-0.25, -0.2) is 15.0 Å². The molecular formula is C13H16N4O2S2. The summed E-state index contributed by atoms with van der Waals surface area (Å²) in [5.41, 5.74) is 0.730. The number of amides is 1. The fourth-order valence-electron chi connectivity index (χ4n) is 1.56. The van der Waals surface area contributed by atoms with Gasteiger partial charge in [-0.05, 0) is 24.5 Å². The van der Waals surface area contributed by atoms with E-state index in [0.29, 0.717) is 23.8 Å². The highest BCUT2D eigenvalue weighted by molar-refractivity contribution is 7.98. The monoisotopic (exact) mass is 324 g/mol. The van der Waals surface area contributed by atoms with E-state index in [4.69, 9.17) is 0 Å². The zero-order chi connectivity index (χ0) is 15.1. The molecule has 0 spiro atoms. The molecule has 0 aliphatic carbocycles. The van der Waals surface area contributed by atoms with Crippen molar-refractivity contribution in [2.45, 2.75) is 19.1 Å². The van der Waals surface area contributed by atoms with Gasteiger partial charge in [0.25, 0.3) is 0 Å². The van der Waals surface area contributed by atoms with E-state index in [0.717, 1.165) is 11.4 Å². The third-order valence-electron chi connectivity index (χ3n) is 2.65. The average Bonchev–Trinajstić information content (AvgIpc) is 3.00. The predicted octanol–water partition coefficient (Wildman–Crippen LogP) is 1.33. The number of rotatable bonds is 7. The smallest absolute Gasteiger partial charge is 0.249 e. The number of nitrogens with zero attached hydrogens (tertiary/aromatic N) is 3. The molecule has 6 nitrogen and oxygen atoms in total. The molecule has 0 saturated heterocycles. The van der Waals surface area contributed by atoms with Gasteiger partial charge in [-0.1, -0.05) is 0 Å². The molecule has 2 rings (SSSR count). The van der Waals surface area contributed by atoms with Crippen LogP contribution >= 0.6 is 23.1 Å². The largest absolute Gasteiger partial charge is 0.383 e. The molecule has 2 heterocycles. The third-order valence-corrected chi connectivity index (χ3v) is 4.18. The number of hydrogen-bond donors (Lipinski definition) is 2. The Labute approximate surface area is 131 Å². The van der Waals surface area contributed by atoms with Crippen molar-refractivity contribution in [2.75, 3.05) is 12.0 Å². The summed E-state index contributed by atoms with van der Waals surface area (Å²) in [7, 11) is 0. The van der Waals surface area contributed by atoms with E-state index in [1.807, 2.05) is 11.6 Å². The number of aromatic nitrogens is 3. The number of hydrogen-bond acceptors (Lipinski definition) is 7. The molecule has 0 fully saturated rings. The van der Waals surface area contributed by atoms with Crippen molar-refractivity contribution in [3.63, 3.8) is 0 Å². The lowest BCUT2D eigenvalue weighted by Crippen LogP contribution is -2.34. The molecule has 1 atom stereocenters. The van der Waals surface area contributed by atoms with Crippen LogP contribution in [0.25, 0.3) is 10.8 Å². The second kappa shape index (κ2) is 8.06. The summed E-state index contributed by atoms with van der Waals surface area (Å²) in [6.07, 6.45) is 4.74. The molecule has 2 N–H and O–H groups in total. The SMILES string of the molecule is CSCC[C@H](O)C(=O)NCc1csc(-c2ncccn2)n1. The fraction of sp³-hybridized carbons (Fsp3) is 0.385. The van der Waals surface area contributed by atoms with E-state index in [1.54, 1.807) is 30.2 Å². The molecule has 0 bridgehead atoms. The highest BCUT2D eigenvalue weighted by Gasteiger charge is 2.14. The standard InChI is InChI=1S/C13H16N4O2S2/c1-20-6-3-10(18)12(19)16-7-9-8-21-13(17-9)11-14-4-2-5-15-11/h2,4-5,8,10,18H,3,6-7H2,1H3,(H,16,19)/t10-/m0/s1. The van der Waals surface area contributed by atoms with E-state index in [1.165, 1.54) is 11.3 Å². The van der Waals surface area contributed by atoms with Gasteiger partial charge < -0.3 is 10.4 Å². The molecule has 0 unspecified atom stereocenters. The molecule has 0 radical (unpaired) electrons. The van der Waals surface area contributed by atoms with Gasteiger partial charge in [0.2, 0.25) is 5.91 Å². The quantitative estimate of drug-likeness (QED) is 0.799. The van der Waals surface area contributed by atoms with Gasteiger partial charge in [0.15, 0.2) is 10.8 Å². The Morgan fingerprint density at radius 3 is 2.95 bits per heavy atom. The van der Waals surface area contributed by atoms with Crippen LogP contribution in [0.5, 0.6) is 0 Å². The summed E-state index contributed by atoms with van der Waals surface area (Å²) >= 11 is 3.02. The Morgan fingerprint density at radius 2 is 2.24 bits per heavy atom. The van der Waals surface area contributed by atoms with Crippen molar-refractivity contribution < 1.29 is 9.90 Å². The second-order valence-electron chi connectivity index (χ2n) is 4.23. The maximum atomic E-state index is 11.7. The number of carbonyl (C=O) groups excluding carboxylic acids is 1. The predicted molar refractivity (Wildman–Crippen MR) is 84.0 cm³/mol. The van der Waals surface area contributed by atoms with Crippen molar-refractivity contribution >= 4 is 29.0 Å². The highest BCUT2D eigenvalue weighted by atomic mass is 32.2. The van der Waals surface area contributed by atoms with Crippen LogP contribution in [0.3, 0.4) is 0 Å². The van der Waals surface area contributed by atoms with Crippen molar-refractivity contribution in [1.82, 2.24) is 20.3 Å². The maximum Gasteiger partial charge on any atom is 0.249 e. The van der Waals surface area contributed by atoms with E-state index >= 15 is 0 Å². The number of nitrogens with one attached hydrogen (secondary N) is 1. The van der Waals surface area contributed by atoms with Crippen molar-refractivity contribution in [2.24, 2.45) is 0 Å². The molecule has 0 saturated carbocycles. The van der Waals surface area contributed by atoms with Crippen LogP contribution in [0.4, 0.5) is 0 Å². The Morgan fingerprint density at radius 1 is 1.48 bits per heavy atom. The third kappa shape index (κ3) is 4.76. The molecule has 0 aliphatic heterocycles. The normalized spacial score (nSPS) is 12.1. The summed E-state index contributed by atoms with van der Waals surface area (Å²) in [6, 6.07) is 1.74. The highest BCUT2D eigenvalue weighted by Crippen LogP contribution is 2.19. The Kier molecular flexibility index (Phi) is 6.09. The zero-order valence-electron chi connectivity index (χ0n) is 11.5. The van der Waals surface area contributed by atoms with Gasteiger partial charge in [-0.2, -0.15) is 11.8 Å². The topological polar surface area (TPSA) is 88.0 Å². The van der Waals surface area contributed by atoms with Gasteiger partial charge >= 0.3 is 0 Å². The first kappa shape index (κ1) is 15.9. The lowest BCUT2D eigenvalue weighted by atomic mass is 10.2. The molecule has 2 aromatic heterocycles. The zero-order valence-corrected chi connectivity index (χ0v) is 13.2. The van der Waals surface area contributed by atoms with Crippen LogP contribution in [0.1, 0.15) is 12.1 Å². The van der Waals surface area contributed by atoms with Crippen molar-refractivity contribution in [3.8, 4) is 10.8 Å². The number of aliphatic hydroxyl groups excluding tert-OH is 1. The fourth-order valence-corrected chi connectivity index (χ4v) is 2.78. The van der Waals surface area contributed by atoms with E-state index in [-0.39, 0.29) is 5.91 Å². The molecule has 8 heteroatoms. The van der Waals surface area contributed by atoms with Crippen LogP contribution in [0.15, 0.2) is 23.8 Å². The van der Waals surface area contributed by atoms with Gasteiger partial charge in [-0.15, -0.1) is 11.3 Å². The first-order valence-corrected chi connectivity index (χ1v) is 8.64. The van der Waals surface area contributed by atoms with Crippen LogP contribution in [0, 0.1) is 0 Å². The number of carbonyl (C=O) groups is 1. The molecule has 2 aromatic rings. The first-order valence-electron chi connectivity index (χ1n) is 6.37. The molecule has 0 aromatic carbocycles. The summed E-state index contributed by atoms with van der Waals surface area (Å²) in [4.78, 5) is 24.3. The molecular weight excluding hydrogens is 308 g/mol. The van der Waals surface area contributed by atoms with E-state index < -0.39 is 6.10 Å². The molecule has 112 valence electrons. The summed E-state index contributed by atoms with van der Waals surface area (Å²) in [6.45, 7) is 0.290. The summed E-state index contributed by atoms with van der Waals surface area (Å²) in [5, 5.41) is 14.9. The molecule has 0 aliphatic rings. The minimum atomic E-state index is -0.965. The number of thiazole rings is 1. The van der Waals surface area contributed by atoms with E-state index in [9.17, 15) is 9.90 Å². The lowest BCUT2D eigenvalue weighted by Gasteiger charge is -2.09. The molecule has 21 heavy (non-hydrogen) atoms. The van der Waals surface area contributed by atoms with Crippen LogP contribution in [-0.2, 0) is 11.3 Å². The maximum absolute atomic E-state index is 11.7. The Bertz CT molecular complexity index is 577.